The Morgan fingerprint density at radius 3 is 2.65 bits per heavy atom. The van der Waals surface area contributed by atoms with E-state index in [0.717, 1.165) is 22.1 Å². The van der Waals surface area contributed by atoms with Crippen molar-refractivity contribution in [1.29, 1.82) is 0 Å². The van der Waals surface area contributed by atoms with Gasteiger partial charge in [-0.05, 0) is 49.1 Å². The molecule has 1 aromatic heterocycles. The summed E-state index contributed by atoms with van der Waals surface area (Å²) < 4.78 is 10.7. The lowest BCUT2D eigenvalue weighted by Crippen LogP contribution is -2.38. The third kappa shape index (κ3) is 4.99. The van der Waals surface area contributed by atoms with Crippen LogP contribution < -0.4 is 10.1 Å². The second-order valence-electron chi connectivity index (χ2n) is 7.66. The van der Waals surface area contributed by atoms with Crippen LogP contribution in [0.1, 0.15) is 37.6 Å². The van der Waals surface area contributed by atoms with Crippen LogP contribution in [0.3, 0.4) is 0 Å². The van der Waals surface area contributed by atoms with Crippen LogP contribution in [0.4, 0.5) is 0 Å². The highest BCUT2D eigenvalue weighted by molar-refractivity contribution is 8.16. The van der Waals surface area contributed by atoms with E-state index >= 15 is 0 Å². The number of amides is 1. The number of aromatic nitrogens is 1. The molecule has 8 nitrogen and oxygen atoms in total. The second kappa shape index (κ2) is 10.6. The molecule has 1 atom stereocenters. The van der Waals surface area contributed by atoms with Gasteiger partial charge in [0.25, 0.3) is 0 Å². The summed E-state index contributed by atoms with van der Waals surface area (Å²) in [5, 5.41) is 5.55. The number of nitrogens with one attached hydrogen (secondary N) is 1. The van der Waals surface area contributed by atoms with E-state index in [1.54, 1.807) is 20.2 Å². The summed E-state index contributed by atoms with van der Waals surface area (Å²) in [7, 11) is 1.61. The van der Waals surface area contributed by atoms with Crippen molar-refractivity contribution in [2.45, 2.75) is 32.9 Å². The summed E-state index contributed by atoms with van der Waals surface area (Å²) >= 11 is 1.44. The smallest absolute Gasteiger partial charge is 0.338 e. The number of benzene rings is 1. The second-order valence-corrected chi connectivity index (χ2v) is 8.50. The van der Waals surface area contributed by atoms with Crippen molar-refractivity contribution in [3.05, 3.63) is 82.3 Å². The van der Waals surface area contributed by atoms with Crippen LogP contribution in [0.25, 0.3) is 0 Å². The molecule has 4 rings (SSSR count). The lowest BCUT2D eigenvalue weighted by atomic mass is 9.93. The molecule has 0 bridgehead atoms. The average molecular weight is 479 g/mol. The maximum atomic E-state index is 13.0. The molecule has 0 spiro atoms. The topological polar surface area (TPSA) is 93.1 Å². The Kier molecular flexibility index (Phi) is 7.32. The lowest BCUT2D eigenvalue weighted by Gasteiger charge is -2.36. The number of hydrogen-bond acceptors (Lipinski definition) is 8. The third-order valence-electron chi connectivity index (χ3n) is 5.46. The standard InChI is InChI=1S/C25H26N4O4S/c1-4-33-24(31)22-16(2)28-25-29(23(22)17-8-10-20(32-3)11-9-17)19(15-34-25)13-21(30)27-14-18-7-5-6-12-26-18/h5-12,15,23H,4,13-14H2,1-3H3,(H,27,30). The van der Waals surface area contributed by atoms with E-state index < -0.39 is 12.0 Å². The zero-order chi connectivity index (χ0) is 24.1. The van der Waals surface area contributed by atoms with Crippen LogP contribution in [0.2, 0.25) is 0 Å². The van der Waals surface area contributed by atoms with Gasteiger partial charge in [-0.2, -0.15) is 0 Å². The summed E-state index contributed by atoms with van der Waals surface area (Å²) in [4.78, 5) is 36.6. The molecule has 2 aliphatic rings. The SMILES string of the molecule is CCOC(=O)C1=C(C)N=C2SC=C(CC(=O)NCc3ccccn3)N2C1c1ccc(OC)cc1. The number of ether oxygens (including phenoxy) is 2. The van der Waals surface area contributed by atoms with E-state index in [9.17, 15) is 9.59 Å². The molecule has 0 fully saturated rings. The molecule has 176 valence electrons. The lowest BCUT2D eigenvalue weighted by molar-refractivity contribution is -0.139. The van der Waals surface area contributed by atoms with Crippen molar-refractivity contribution in [2.24, 2.45) is 4.99 Å². The van der Waals surface area contributed by atoms with E-state index in [0.29, 0.717) is 23.6 Å². The minimum atomic E-state index is -0.470. The average Bonchev–Trinajstić information content (AvgIpc) is 3.24. The molecular formula is C25H26N4O4S. The van der Waals surface area contributed by atoms with Crippen molar-refractivity contribution in [2.75, 3.05) is 13.7 Å². The van der Waals surface area contributed by atoms with Crippen molar-refractivity contribution >= 4 is 28.8 Å². The summed E-state index contributed by atoms with van der Waals surface area (Å²) in [5.41, 5.74) is 3.48. The highest BCUT2D eigenvalue weighted by Gasteiger charge is 2.41. The highest BCUT2D eigenvalue weighted by Crippen LogP contribution is 2.45. The van der Waals surface area contributed by atoms with Gasteiger partial charge in [-0.25, -0.2) is 9.79 Å². The molecule has 1 aromatic carbocycles. The molecule has 34 heavy (non-hydrogen) atoms. The van der Waals surface area contributed by atoms with Crippen molar-refractivity contribution in [1.82, 2.24) is 15.2 Å². The van der Waals surface area contributed by atoms with Gasteiger partial charge in [-0.1, -0.05) is 30.0 Å². The molecule has 0 saturated heterocycles. The van der Waals surface area contributed by atoms with Crippen molar-refractivity contribution in [3.8, 4) is 5.75 Å². The Morgan fingerprint density at radius 1 is 1.18 bits per heavy atom. The van der Waals surface area contributed by atoms with Gasteiger partial charge in [-0.3, -0.25) is 9.78 Å². The molecule has 0 saturated carbocycles. The summed E-state index contributed by atoms with van der Waals surface area (Å²) in [6.45, 7) is 4.19. The van der Waals surface area contributed by atoms with Gasteiger partial charge in [-0.15, -0.1) is 0 Å². The fourth-order valence-corrected chi connectivity index (χ4v) is 4.82. The Morgan fingerprint density at radius 2 is 1.97 bits per heavy atom. The molecule has 0 radical (unpaired) electrons. The number of esters is 1. The molecule has 2 aromatic rings. The summed E-state index contributed by atoms with van der Waals surface area (Å²) in [6.07, 6.45) is 1.83. The Labute approximate surface area is 202 Å². The number of methoxy groups -OCH3 is 1. The van der Waals surface area contributed by atoms with Gasteiger partial charge in [0.1, 0.15) is 5.75 Å². The van der Waals surface area contributed by atoms with Crippen LogP contribution in [-0.2, 0) is 20.9 Å². The van der Waals surface area contributed by atoms with Crippen LogP contribution in [0.15, 0.2) is 76.0 Å². The number of pyridine rings is 1. The van der Waals surface area contributed by atoms with Crippen LogP contribution in [0, 0.1) is 0 Å². The molecule has 1 amide bonds. The monoisotopic (exact) mass is 478 g/mol. The van der Waals surface area contributed by atoms with Crippen molar-refractivity contribution in [3.63, 3.8) is 0 Å². The largest absolute Gasteiger partial charge is 0.497 e. The normalized spacial score (nSPS) is 17.0. The van der Waals surface area contributed by atoms with Gasteiger partial charge in [0, 0.05) is 11.9 Å². The first-order valence-electron chi connectivity index (χ1n) is 10.9. The number of fused-ring (bicyclic) bond motifs is 1. The number of hydrogen-bond donors (Lipinski definition) is 1. The summed E-state index contributed by atoms with van der Waals surface area (Å²) in [6, 6.07) is 12.6. The number of allylic oxidation sites excluding steroid dienone is 1. The van der Waals surface area contributed by atoms with Gasteiger partial charge in [0.15, 0.2) is 5.17 Å². The fourth-order valence-electron chi connectivity index (χ4n) is 3.86. The van der Waals surface area contributed by atoms with Crippen LogP contribution in [-0.4, -0.2) is 40.6 Å². The predicted octanol–water partition coefficient (Wildman–Crippen LogP) is 3.93. The molecule has 1 unspecified atom stereocenters. The fraction of sp³-hybridized carbons (Fsp3) is 0.280. The molecule has 2 aliphatic heterocycles. The minimum absolute atomic E-state index is 0.140. The van der Waals surface area contributed by atoms with Gasteiger partial charge >= 0.3 is 5.97 Å². The first-order valence-corrected chi connectivity index (χ1v) is 11.8. The Bertz CT molecular complexity index is 1160. The van der Waals surface area contributed by atoms with Crippen LogP contribution >= 0.6 is 11.8 Å². The maximum absolute atomic E-state index is 13.0. The summed E-state index contributed by atoms with van der Waals surface area (Å²) in [5.74, 6) is 0.156. The molecular weight excluding hydrogens is 452 g/mol. The van der Waals surface area contributed by atoms with E-state index in [1.165, 1.54) is 11.8 Å². The Hall–Kier alpha value is -3.59. The molecule has 3 heterocycles. The number of thioether (sulfide) groups is 1. The first-order chi connectivity index (χ1) is 16.5. The Balaban J connectivity index is 1.61. The highest BCUT2D eigenvalue weighted by atomic mass is 32.2. The van der Waals surface area contributed by atoms with Gasteiger partial charge in [0.05, 0.1) is 49.7 Å². The zero-order valence-corrected chi connectivity index (χ0v) is 20.1. The molecule has 0 aliphatic carbocycles. The number of amidine groups is 1. The van der Waals surface area contributed by atoms with E-state index in [1.807, 2.05) is 59.7 Å². The number of carbonyl (C=O) groups excluding carboxylic acids is 2. The quantitative estimate of drug-likeness (QED) is 0.575. The molecule has 1 N–H and O–H groups in total. The van der Waals surface area contributed by atoms with Gasteiger partial charge < -0.3 is 19.7 Å². The van der Waals surface area contributed by atoms with E-state index in [4.69, 9.17) is 9.47 Å². The number of aliphatic imine (C=N–C) groups is 1. The first kappa shape index (κ1) is 23.6. The predicted molar refractivity (Wildman–Crippen MR) is 131 cm³/mol. The number of carbonyl (C=O) groups is 2. The molecule has 9 heteroatoms. The van der Waals surface area contributed by atoms with E-state index in [-0.39, 0.29) is 18.9 Å². The van der Waals surface area contributed by atoms with E-state index in [2.05, 4.69) is 15.3 Å². The third-order valence-corrected chi connectivity index (χ3v) is 6.35. The maximum Gasteiger partial charge on any atom is 0.338 e. The zero-order valence-electron chi connectivity index (χ0n) is 19.3. The minimum Gasteiger partial charge on any atom is -0.497 e. The van der Waals surface area contributed by atoms with Crippen LogP contribution in [0.5, 0.6) is 5.75 Å². The van der Waals surface area contributed by atoms with Gasteiger partial charge in [0.2, 0.25) is 5.91 Å². The number of rotatable bonds is 8. The van der Waals surface area contributed by atoms with Crippen molar-refractivity contribution < 1.29 is 19.1 Å². The number of nitrogens with zero attached hydrogens (tertiary/aromatic N) is 3.